The number of ether oxygens (including phenoxy) is 1. The number of aromatic nitrogens is 2. The first-order chi connectivity index (χ1) is 10.5. The second kappa shape index (κ2) is 7.63. The molecule has 1 saturated heterocycles. The number of sulfonamides is 1. The Kier molecular flexibility index (Phi) is 5.83. The largest absolute Gasteiger partial charge is 0.434 e. The maximum atomic E-state index is 11.9. The van der Waals surface area contributed by atoms with Gasteiger partial charge in [-0.25, -0.2) is 17.7 Å². The minimum Gasteiger partial charge on any atom is -0.390 e. The predicted molar refractivity (Wildman–Crippen MR) is 77.9 cm³/mol. The van der Waals surface area contributed by atoms with E-state index in [0.717, 1.165) is 13.1 Å². The van der Waals surface area contributed by atoms with Crippen molar-refractivity contribution in [1.29, 1.82) is 0 Å². The van der Waals surface area contributed by atoms with E-state index in [2.05, 4.69) is 14.6 Å². The quantitative estimate of drug-likeness (QED) is 0.481. The summed E-state index contributed by atoms with van der Waals surface area (Å²) in [7, 11) is -3.48. The maximum Gasteiger partial charge on any atom is 0.434 e. The van der Waals surface area contributed by atoms with Gasteiger partial charge in [0.25, 0.3) is 0 Å². The van der Waals surface area contributed by atoms with Crippen molar-refractivity contribution in [3.05, 3.63) is 22.5 Å². The molecule has 11 heteroatoms. The van der Waals surface area contributed by atoms with Crippen molar-refractivity contribution >= 4 is 16.0 Å². The summed E-state index contributed by atoms with van der Waals surface area (Å²) < 4.78 is 32.7. The van der Waals surface area contributed by atoms with Gasteiger partial charge in [0.05, 0.1) is 25.5 Å². The summed E-state index contributed by atoms with van der Waals surface area (Å²) >= 11 is 0. The molecule has 0 bridgehead atoms. The van der Waals surface area contributed by atoms with Crippen LogP contribution in [-0.4, -0.2) is 72.9 Å². The standard InChI is InChI=1S/C11H19N5O5S/c17-16(18)11-12-1-4-15(11)7-10-22(19,20)13-2-3-14-5-8-21-9-6-14/h1,4,13H,2-3,5-10H2. The Hall–Kier alpha value is -1.56. The van der Waals surface area contributed by atoms with E-state index in [1.165, 1.54) is 17.0 Å². The van der Waals surface area contributed by atoms with Crippen LogP contribution in [0.25, 0.3) is 0 Å². The van der Waals surface area contributed by atoms with E-state index >= 15 is 0 Å². The molecule has 0 radical (unpaired) electrons. The number of imidazole rings is 1. The van der Waals surface area contributed by atoms with Gasteiger partial charge in [0.1, 0.15) is 12.4 Å². The lowest BCUT2D eigenvalue weighted by Gasteiger charge is -2.26. The summed E-state index contributed by atoms with van der Waals surface area (Å²) in [6.45, 7) is 3.84. The van der Waals surface area contributed by atoms with Gasteiger partial charge >= 0.3 is 5.95 Å². The van der Waals surface area contributed by atoms with Crippen LogP contribution in [0.15, 0.2) is 12.4 Å². The third-order valence-corrected chi connectivity index (χ3v) is 4.68. The van der Waals surface area contributed by atoms with E-state index in [0.29, 0.717) is 26.3 Å². The molecule has 1 N–H and O–H groups in total. The molecule has 1 aromatic heterocycles. The minimum absolute atomic E-state index is 0.0107. The number of nitro groups is 1. The first kappa shape index (κ1) is 16.8. The van der Waals surface area contributed by atoms with Gasteiger partial charge in [-0.2, -0.15) is 0 Å². The Bertz CT molecular complexity index is 596. The molecule has 2 heterocycles. The number of morpholine rings is 1. The van der Waals surface area contributed by atoms with Crippen LogP contribution in [0, 0.1) is 10.1 Å². The zero-order valence-electron chi connectivity index (χ0n) is 12.0. The average molecular weight is 333 g/mol. The molecule has 0 spiro atoms. The van der Waals surface area contributed by atoms with Crippen LogP contribution in [0.2, 0.25) is 0 Å². The van der Waals surface area contributed by atoms with E-state index in [1.807, 2.05) is 0 Å². The van der Waals surface area contributed by atoms with Crippen molar-refractivity contribution in [2.24, 2.45) is 0 Å². The zero-order chi connectivity index (χ0) is 16.0. The fourth-order valence-corrected chi connectivity index (χ4v) is 3.11. The molecule has 0 aromatic carbocycles. The fraction of sp³-hybridized carbons (Fsp3) is 0.727. The monoisotopic (exact) mass is 333 g/mol. The number of hydrogen-bond donors (Lipinski definition) is 1. The Labute approximate surface area is 128 Å². The van der Waals surface area contributed by atoms with Gasteiger partial charge < -0.3 is 14.9 Å². The first-order valence-electron chi connectivity index (χ1n) is 6.91. The Morgan fingerprint density at radius 3 is 2.77 bits per heavy atom. The van der Waals surface area contributed by atoms with E-state index in [1.54, 1.807) is 0 Å². The van der Waals surface area contributed by atoms with Crippen molar-refractivity contribution in [2.75, 3.05) is 45.1 Å². The molecule has 0 unspecified atom stereocenters. The highest BCUT2D eigenvalue weighted by molar-refractivity contribution is 7.89. The maximum absolute atomic E-state index is 11.9. The third-order valence-electron chi connectivity index (χ3n) is 3.31. The molecule has 22 heavy (non-hydrogen) atoms. The van der Waals surface area contributed by atoms with Crippen molar-refractivity contribution in [3.8, 4) is 0 Å². The van der Waals surface area contributed by atoms with E-state index < -0.39 is 14.9 Å². The van der Waals surface area contributed by atoms with E-state index in [-0.39, 0.29) is 18.2 Å². The lowest BCUT2D eigenvalue weighted by molar-refractivity contribution is -0.396. The normalized spacial score (nSPS) is 16.7. The summed E-state index contributed by atoms with van der Waals surface area (Å²) in [6, 6.07) is 0. The van der Waals surface area contributed by atoms with Crippen molar-refractivity contribution < 1.29 is 18.1 Å². The summed E-state index contributed by atoms with van der Waals surface area (Å²) in [6.07, 6.45) is 2.66. The molecule has 0 amide bonds. The van der Waals surface area contributed by atoms with Crippen LogP contribution in [0.4, 0.5) is 5.95 Å². The smallest absolute Gasteiger partial charge is 0.390 e. The van der Waals surface area contributed by atoms with Crippen LogP contribution in [0.5, 0.6) is 0 Å². The predicted octanol–water partition coefficient (Wildman–Crippen LogP) is -0.957. The van der Waals surface area contributed by atoms with Crippen LogP contribution in [-0.2, 0) is 21.3 Å². The van der Waals surface area contributed by atoms with Gasteiger partial charge in [0, 0.05) is 26.2 Å². The zero-order valence-corrected chi connectivity index (χ0v) is 12.9. The molecule has 10 nitrogen and oxygen atoms in total. The summed E-state index contributed by atoms with van der Waals surface area (Å²) in [5.74, 6) is -0.587. The molecular formula is C11H19N5O5S. The molecule has 0 saturated carbocycles. The highest BCUT2D eigenvalue weighted by Crippen LogP contribution is 2.07. The van der Waals surface area contributed by atoms with Crippen LogP contribution >= 0.6 is 0 Å². The third kappa shape index (κ3) is 5.02. The van der Waals surface area contributed by atoms with Gasteiger partial charge in [-0.05, 0) is 4.92 Å². The van der Waals surface area contributed by atoms with Crippen molar-refractivity contribution in [2.45, 2.75) is 6.54 Å². The van der Waals surface area contributed by atoms with Gasteiger partial charge in [-0.1, -0.05) is 4.98 Å². The fourth-order valence-electron chi connectivity index (χ4n) is 2.12. The molecule has 1 aliphatic heterocycles. The van der Waals surface area contributed by atoms with Crippen LogP contribution in [0.3, 0.4) is 0 Å². The first-order valence-corrected chi connectivity index (χ1v) is 8.56. The summed E-state index contributed by atoms with van der Waals surface area (Å²) in [4.78, 5) is 15.7. The Morgan fingerprint density at radius 1 is 1.36 bits per heavy atom. The molecule has 0 atom stereocenters. The molecular weight excluding hydrogens is 314 g/mol. The van der Waals surface area contributed by atoms with E-state index in [4.69, 9.17) is 4.74 Å². The molecule has 1 aliphatic rings. The number of hydrogen-bond acceptors (Lipinski definition) is 7. The van der Waals surface area contributed by atoms with Gasteiger partial charge in [0.15, 0.2) is 0 Å². The molecule has 1 aromatic rings. The van der Waals surface area contributed by atoms with Gasteiger partial charge in [-0.15, -0.1) is 0 Å². The second-order valence-corrected chi connectivity index (χ2v) is 6.77. The second-order valence-electron chi connectivity index (χ2n) is 4.84. The van der Waals surface area contributed by atoms with Gasteiger partial charge in [-0.3, -0.25) is 4.90 Å². The van der Waals surface area contributed by atoms with E-state index in [9.17, 15) is 18.5 Å². The number of nitrogens with one attached hydrogen (secondary N) is 1. The number of nitrogens with zero attached hydrogens (tertiary/aromatic N) is 4. The van der Waals surface area contributed by atoms with Gasteiger partial charge in [0.2, 0.25) is 10.0 Å². The Balaban J connectivity index is 1.76. The summed E-state index contributed by atoms with van der Waals surface area (Å²) in [5.41, 5.74) is 0. The van der Waals surface area contributed by atoms with Crippen molar-refractivity contribution in [1.82, 2.24) is 19.2 Å². The SMILES string of the molecule is O=[N+]([O-])c1nccn1CCS(=O)(=O)NCCN1CCOCC1. The number of aryl methyl sites for hydroxylation is 1. The minimum atomic E-state index is -3.48. The molecule has 1 fully saturated rings. The van der Waals surface area contributed by atoms with Crippen LogP contribution < -0.4 is 4.72 Å². The molecule has 2 rings (SSSR count). The number of rotatable bonds is 8. The topological polar surface area (TPSA) is 120 Å². The van der Waals surface area contributed by atoms with Crippen molar-refractivity contribution in [3.63, 3.8) is 0 Å². The molecule has 124 valence electrons. The lowest BCUT2D eigenvalue weighted by atomic mass is 10.4. The summed E-state index contributed by atoms with van der Waals surface area (Å²) in [5, 5.41) is 10.7. The Morgan fingerprint density at radius 2 is 2.09 bits per heavy atom. The lowest BCUT2D eigenvalue weighted by Crippen LogP contribution is -2.41. The van der Waals surface area contributed by atoms with Crippen LogP contribution in [0.1, 0.15) is 0 Å². The highest BCUT2D eigenvalue weighted by atomic mass is 32.2. The average Bonchev–Trinajstić information content (AvgIpc) is 2.95. The molecule has 0 aliphatic carbocycles. The highest BCUT2D eigenvalue weighted by Gasteiger charge is 2.18.